The Hall–Kier alpha value is -3.48. The zero-order valence-corrected chi connectivity index (χ0v) is 9.92. The molecule has 3 rings (SSSR count). The quantitative estimate of drug-likeness (QED) is 0.344. The van der Waals surface area contributed by atoms with Gasteiger partial charge >= 0.3 is 23.1 Å². The molecule has 13 nitrogen and oxygen atoms in total. The van der Waals surface area contributed by atoms with Crippen molar-refractivity contribution in [2.24, 2.45) is 10.2 Å². The molecule has 0 saturated heterocycles. The molecule has 2 aromatic heterocycles. The molecule has 13 heteroatoms. The highest BCUT2D eigenvalue weighted by atomic mass is 16.9. The predicted molar refractivity (Wildman–Crippen MR) is 62.7 cm³/mol. The number of azo groups is 1. The molecule has 0 unspecified atom stereocenters. The number of nitrogens with one attached hydrogen (secondary N) is 4. The van der Waals surface area contributed by atoms with E-state index in [-0.39, 0.29) is 23.1 Å². The topological polar surface area (TPSA) is 191 Å². The third-order valence-electron chi connectivity index (χ3n) is 2.35. The molecule has 0 amide bonds. The van der Waals surface area contributed by atoms with Gasteiger partial charge in [0.15, 0.2) is 0 Å². The minimum absolute atomic E-state index is 0.334. The number of rotatable bonds is 0. The molecule has 0 atom stereocenters. The number of hydrogen-bond acceptors (Lipinski definition) is 8. The molecule has 0 radical (unpaired) electrons. The first-order valence-corrected chi connectivity index (χ1v) is 5.34. The van der Waals surface area contributed by atoms with Crippen molar-refractivity contribution < 1.29 is 15.3 Å². The van der Waals surface area contributed by atoms with Gasteiger partial charge in [-0.2, -0.15) is 0 Å². The van der Waals surface area contributed by atoms with Crippen molar-refractivity contribution in [2.75, 3.05) is 0 Å². The van der Waals surface area contributed by atoms with Gasteiger partial charge in [-0.25, -0.2) is 9.59 Å². The van der Waals surface area contributed by atoms with Gasteiger partial charge in [-0.15, -0.1) is 10.2 Å². The monoisotopic (exact) mass is 296 g/mol. The number of hydrogen-bond donors (Lipinski definition) is 5. The minimum Gasteiger partial charge on any atom is -0.272 e. The van der Waals surface area contributed by atoms with Crippen LogP contribution in [-0.2, 0) is 0 Å². The average molecular weight is 296 g/mol. The third-order valence-corrected chi connectivity index (χ3v) is 2.35. The highest BCUT2D eigenvalue weighted by Crippen LogP contribution is 2.23. The summed E-state index contributed by atoms with van der Waals surface area (Å²) in [6, 6.07) is 0. The molecule has 6 N–H and O–H groups in total. The standard InChI is InChI=1S/C8H5N7O6/c16-3-1-5(11-7(18)9-3)20-15-21-6-2(14-13-1)4(17)10-8(19)12-6/h15H2,(H3-,9,10,11,12,13,14,16,17,18,19)/p+1. The summed E-state index contributed by atoms with van der Waals surface area (Å²) in [4.78, 5) is 63.4. The largest absolute Gasteiger partial charge is 0.328 e. The summed E-state index contributed by atoms with van der Waals surface area (Å²) >= 11 is 0. The van der Waals surface area contributed by atoms with E-state index in [1.165, 1.54) is 0 Å². The summed E-state index contributed by atoms with van der Waals surface area (Å²) in [5.41, 5.74) is -3.49. The van der Waals surface area contributed by atoms with Gasteiger partial charge in [-0.1, -0.05) is 0 Å². The maximum atomic E-state index is 11.6. The lowest BCUT2D eigenvalue weighted by Crippen LogP contribution is -2.89. The minimum atomic E-state index is -0.879. The van der Waals surface area contributed by atoms with Crippen LogP contribution >= 0.6 is 0 Å². The van der Waals surface area contributed by atoms with Crippen LogP contribution in [0.25, 0.3) is 0 Å². The molecular weight excluding hydrogens is 290 g/mol. The van der Waals surface area contributed by atoms with Crippen molar-refractivity contribution in [3.63, 3.8) is 0 Å². The lowest BCUT2D eigenvalue weighted by Gasteiger charge is -2.02. The molecule has 21 heavy (non-hydrogen) atoms. The Labute approximate surface area is 111 Å². The number of nitrogens with two attached hydrogens (primary N) is 1. The van der Waals surface area contributed by atoms with Crippen molar-refractivity contribution in [3.05, 3.63) is 41.7 Å². The number of fused-ring (bicyclic) bond motifs is 2. The van der Waals surface area contributed by atoms with E-state index >= 15 is 0 Å². The van der Waals surface area contributed by atoms with E-state index in [2.05, 4.69) is 20.2 Å². The SMILES string of the molecule is O=c1[nH]c2c(c(=O)[nH]1)N=Nc1c([nH]c(=O)[nH]c1=O)O[NH2+]O2. The lowest BCUT2D eigenvalue weighted by atomic mass is 10.5. The number of aromatic nitrogens is 4. The van der Waals surface area contributed by atoms with Crippen LogP contribution in [0.4, 0.5) is 11.4 Å². The fraction of sp³-hybridized carbons (Fsp3) is 0. The summed E-state index contributed by atoms with van der Waals surface area (Å²) in [5, 5.41) is 7.05. The summed E-state index contributed by atoms with van der Waals surface area (Å²) in [7, 11) is 0. The number of aromatic amines is 4. The molecule has 0 fully saturated rings. The van der Waals surface area contributed by atoms with Gasteiger partial charge in [-0.05, 0) is 0 Å². The van der Waals surface area contributed by atoms with Crippen LogP contribution in [0.1, 0.15) is 0 Å². The zero-order valence-electron chi connectivity index (χ0n) is 9.92. The van der Waals surface area contributed by atoms with Gasteiger partial charge in [0.1, 0.15) is 0 Å². The van der Waals surface area contributed by atoms with E-state index in [0.717, 1.165) is 0 Å². The summed E-state index contributed by atoms with van der Waals surface area (Å²) in [6.45, 7) is 0. The zero-order chi connectivity index (χ0) is 15.0. The summed E-state index contributed by atoms with van der Waals surface area (Å²) in [5.74, 6) is -0.668. The van der Waals surface area contributed by atoms with Crippen LogP contribution < -0.4 is 37.8 Å². The van der Waals surface area contributed by atoms with E-state index in [1.54, 1.807) is 0 Å². The second kappa shape index (κ2) is 4.57. The normalized spacial score (nSPS) is 13.0. The van der Waals surface area contributed by atoms with Crippen molar-refractivity contribution in [1.82, 2.24) is 19.9 Å². The summed E-state index contributed by atoms with van der Waals surface area (Å²) < 4.78 is 0. The lowest BCUT2D eigenvalue weighted by molar-refractivity contribution is -1.01. The van der Waals surface area contributed by atoms with Crippen molar-refractivity contribution >= 4 is 11.4 Å². The molecule has 0 aliphatic carbocycles. The Balaban J connectivity index is 2.24. The van der Waals surface area contributed by atoms with Gasteiger partial charge in [0, 0.05) is 5.64 Å². The Morgan fingerprint density at radius 1 is 0.714 bits per heavy atom. The fourth-order valence-corrected chi connectivity index (χ4v) is 1.49. The van der Waals surface area contributed by atoms with E-state index in [4.69, 9.17) is 9.68 Å². The van der Waals surface area contributed by atoms with E-state index < -0.39 is 22.5 Å². The van der Waals surface area contributed by atoms with Gasteiger partial charge in [0.25, 0.3) is 11.1 Å². The fourth-order valence-electron chi connectivity index (χ4n) is 1.49. The van der Waals surface area contributed by atoms with E-state index in [0.29, 0.717) is 5.64 Å². The molecule has 3 heterocycles. The molecule has 1 aliphatic rings. The van der Waals surface area contributed by atoms with Crippen LogP contribution in [-0.4, -0.2) is 19.9 Å². The molecule has 0 aromatic carbocycles. The molecule has 2 aromatic rings. The molecule has 1 aliphatic heterocycles. The average Bonchev–Trinajstić information content (AvgIpc) is 2.47. The molecule has 0 saturated carbocycles. The maximum absolute atomic E-state index is 11.6. The van der Waals surface area contributed by atoms with Crippen molar-refractivity contribution in [2.45, 2.75) is 0 Å². The summed E-state index contributed by atoms with van der Waals surface area (Å²) in [6.07, 6.45) is 0. The number of H-pyrrole nitrogens is 4. The van der Waals surface area contributed by atoms with Crippen LogP contribution in [0.5, 0.6) is 11.8 Å². The highest BCUT2D eigenvalue weighted by molar-refractivity contribution is 5.47. The Bertz CT molecular complexity index is 885. The Kier molecular flexibility index (Phi) is 2.73. The second-order valence-electron chi connectivity index (χ2n) is 3.70. The van der Waals surface area contributed by atoms with Crippen LogP contribution in [0.2, 0.25) is 0 Å². The number of quaternary nitrogens is 1. The molecular formula is C8H6N7O6+. The van der Waals surface area contributed by atoms with E-state index in [9.17, 15) is 19.2 Å². The van der Waals surface area contributed by atoms with Gasteiger partial charge in [0.05, 0.1) is 0 Å². The number of nitrogens with zero attached hydrogens (tertiary/aromatic N) is 2. The van der Waals surface area contributed by atoms with Crippen molar-refractivity contribution in [3.8, 4) is 11.8 Å². The Morgan fingerprint density at radius 3 is 1.57 bits per heavy atom. The first-order chi connectivity index (χ1) is 10.0. The smallest absolute Gasteiger partial charge is 0.272 e. The molecule has 0 spiro atoms. The van der Waals surface area contributed by atoms with Crippen molar-refractivity contribution in [1.29, 1.82) is 0 Å². The first kappa shape index (κ1) is 12.5. The molecule has 0 bridgehead atoms. The third kappa shape index (κ3) is 2.23. The van der Waals surface area contributed by atoms with Crippen LogP contribution in [0.15, 0.2) is 29.4 Å². The maximum Gasteiger partial charge on any atom is 0.328 e. The van der Waals surface area contributed by atoms with Crippen LogP contribution in [0, 0.1) is 0 Å². The van der Waals surface area contributed by atoms with E-state index in [1.807, 2.05) is 9.97 Å². The van der Waals surface area contributed by atoms with Gasteiger partial charge < -0.3 is 0 Å². The Morgan fingerprint density at radius 2 is 1.14 bits per heavy atom. The van der Waals surface area contributed by atoms with Gasteiger partial charge in [-0.3, -0.25) is 39.2 Å². The first-order valence-electron chi connectivity index (χ1n) is 5.34. The molecule has 108 valence electrons. The highest BCUT2D eigenvalue weighted by Gasteiger charge is 2.19. The van der Waals surface area contributed by atoms with Crippen LogP contribution in [0.3, 0.4) is 0 Å². The second-order valence-corrected chi connectivity index (χ2v) is 3.70. The van der Waals surface area contributed by atoms with Gasteiger partial charge in [0.2, 0.25) is 11.4 Å². The predicted octanol–water partition coefficient (Wildman–Crippen LogP) is -2.98.